The van der Waals surface area contributed by atoms with Gasteiger partial charge in [0.25, 0.3) is 11.8 Å². The molecular weight excluding hydrogens is 444 g/mol. The standard InChI is InChI=1S/C26H28N6O3/c1-14(2)32-24-22(13-28-32)20(25(34)27-12-21-15(3)9-16(4)29-26(21)35)11-23(31-24)18-7-6-8-19(10-18)30-17(5)33/h6-11,13-14,21H,12H2,1-5H3,(H,27,34)(H,30,33). The average molecular weight is 473 g/mol. The summed E-state index contributed by atoms with van der Waals surface area (Å²) in [5, 5.41) is 10.7. The first-order chi connectivity index (χ1) is 16.6. The number of nitrogens with zero attached hydrogens (tertiary/aromatic N) is 4. The molecule has 180 valence electrons. The molecule has 0 fully saturated rings. The number of benzene rings is 1. The highest BCUT2D eigenvalue weighted by Gasteiger charge is 2.25. The summed E-state index contributed by atoms with van der Waals surface area (Å²) in [6.45, 7) is 9.21. The molecule has 1 aliphatic heterocycles. The number of fused-ring (bicyclic) bond motifs is 1. The van der Waals surface area contributed by atoms with Gasteiger partial charge in [-0.2, -0.15) is 5.10 Å². The maximum atomic E-state index is 13.4. The van der Waals surface area contributed by atoms with E-state index in [2.05, 4.69) is 20.7 Å². The van der Waals surface area contributed by atoms with Crippen molar-refractivity contribution in [1.29, 1.82) is 0 Å². The number of anilines is 1. The van der Waals surface area contributed by atoms with Crippen LogP contribution in [0.25, 0.3) is 22.3 Å². The lowest BCUT2D eigenvalue weighted by Crippen LogP contribution is -2.34. The van der Waals surface area contributed by atoms with Gasteiger partial charge in [0.1, 0.15) is 0 Å². The van der Waals surface area contributed by atoms with Crippen molar-refractivity contribution in [3.05, 3.63) is 53.7 Å². The number of hydrogen-bond donors (Lipinski definition) is 2. The van der Waals surface area contributed by atoms with Gasteiger partial charge in [-0.05, 0) is 52.0 Å². The maximum absolute atomic E-state index is 13.4. The first-order valence-corrected chi connectivity index (χ1v) is 11.5. The highest BCUT2D eigenvalue weighted by Crippen LogP contribution is 2.28. The highest BCUT2D eigenvalue weighted by molar-refractivity contribution is 6.08. The number of pyridine rings is 1. The van der Waals surface area contributed by atoms with Crippen molar-refractivity contribution < 1.29 is 14.4 Å². The fourth-order valence-electron chi connectivity index (χ4n) is 4.14. The van der Waals surface area contributed by atoms with Gasteiger partial charge in [-0.1, -0.05) is 17.7 Å². The minimum absolute atomic E-state index is 0.0330. The van der Waals surface area contributed by atoms with Gasteiger partial charge in [-0.15, -0.1) is 0 Å². The lowest BCUT2D eigenvalue weighted by molar-refractivity contribution is -0.120. The largest absolute Gasteiger partial charge is 0.351 e. The Morgan fingerprint density at radius 3 is 2.63 bits per heavy atom. The minimum atomic E-state index is -0.493. The summed E-state index contributed by atoms with van der Waals surface area (Å²) in [4.78, 5) is 46.0. The lowest BCUT2D eigenvalue weighted by atomic mass is 9.95. The van der Waals surface area contributed by atoms with Crippen LogP contribution < -0.4 is 10.6 Å². The zero-order valence-corrected chi connectivity index (χ0v) is 20.4. The number of dihydropyridines is 1. The molecule has 0 aliphatic carbocycles. The van der Waals surface area contributed by atoms with Crippen LogP contribution in [0.4, 0.5) is 5.69 Å². The van der Waals surface area contributed by atoms with Crippen LogP contribution in [0.15, 0.2) is 53.2 Å². The van der Waals surface area contributed by atoms with E-state index in [9.17, 15) is 14.4 Å². The number of nitrogens with one attached hydrogen (secondary N) is 2. The van der Waals surface area contributed by atoms with Gasteiger partial charge >= 0.3 is 0 Å². The van der Waals surface area contributed by atoms with Crippen molar-refractivity contribution in [1.82, 2.24) is 20.1 Å². The molecule has 35 heavy (non-hydrogen) atoms. The molecule has 1 aliphatic rings. The highest BCUT2D eigenvalue weighted by atomic mass is 16.2. The third-order valence-electron chi connectivity index (χ3n) is 5.82. The molecule has 3 aromatic rings. The first kappa shape index (κ1) is 24.0. The Morgan fingerprint density at radius 1 is 1.17 bits per heavy atom. The molecule has 0 bridgehead atoms. The molecule has 3 amide bonds. The maximum Gasteiger partial charge on any atom is 0.254 e. The number of aliphatic imine (C=N–C) groups is 1. The molecule has 2 aromatic heterocycles. The summed E-state index contributed by atoms with van der Waals surface area (Å²) < 4.78 is 1.77. The second-order valence-electron chi connectivity index (χ2n) is 8.98. The van der Waals surface area contributed by atoms with Gasteiger partial charge in [0.05, 0.1) is 28.8 Å². The molecule has 9 nitrogen and oxygen atoms in total. The molecular formula is C26H28N6O3. The van der Waals surface area contributed by atoms with E-state index < -0.39 is 5.92 Å². The minimum Gasteiger partial charge on any atom is -0.351 e. The summed E-state index contributed by atoms with van der Waals surface area (Å²) in [5.74, 6) is -1.26. The number of aromatic nitrogens is 3. The van der Waals surface area contributed by atoms with E-state index in [-0.39, 0.29) is 30.3 Å². The number of amides is 3. The van der Waals surface area contributed by atoms with Crippen LogP contribution in [0.1, 0.15) is 51.0 Å². The van der Waals surface area contributed by atoms with E-state index in [0.29, 0.717) is 33.7 Å². The Morgan fingerprint density at radius 2 is 1.94 bits per heavy atom. The zero-order chi connectivity index (χ0) is 25.3. The Balaban J connectivity index is 1.72. The van der Waals surface area contributed by atoms with Crippen LogP contribution in [0.3, 0.4) is 0 Å². The quantitative estimate of drug-likeness (QED) is 0.563. The van der Waals surface area contributed by atoms with Gasteiger partial charge in [0, 0.05) is 36.5 Å². The molecule has 9 heteroatoms. The third-order valence-corrected chi connectivity index (χ3v) is 5.82. The van der Waals surface area contributed by atoms with Gasteiger partial charge in [-0.25, -0.2) is 14.7 Å². The summed E-state index contributed by atoms with van der Waals surface area (Å²) in [6.07, 6.45) is 3.50. The van der Waals surface area contributed by atoms with Gasteiger partial charge in [0.2, 0.25) is 5.91 Å². The van der Waals surface area contributed by atoms with E-state index in [0.717, 1.165) is 11.1 Å². The van der Waals surface area contributed by atoms with E-state index in [1.807, 2.05) is 45.0 Å². The second kappa shape index (κ2) is 9.61. The van der Waals surface area contributed by atoms with Crippen molar-refractivity contribution in [3.63, 3.8) is 0 Å². The van der Waals surface area contributed by atoms with Crippen LogP contribution in [-0.4, -0.2) is 44.7 Å². The molecule has 4 rings (SSSR count). The third kappa shape index (κ3) is 5.03. The summed E-state index contributed by atoms with van der Waals surface area (Å²) in [7, 11) is 0. The van der Waals surface area contributed by atoms with Crippen molar-refractivity contribution >= 4 is 40.2 Å². The average Bonchev–Trinajstić information content (AvgIpc) is 3.21. The molecule has 1 aromatic carbocycles. The fraction of sp³-hybridized carbons (Fsp3) is 0.308. The van der Waals surface area contributed by atoms with E-state index in [1.165, 1.54) is 6.92 Å². The summed E-state index contributed by atoms with van der Waals surface area (Å²) in [6, 6.07) is 9.03. The number of hydrogen-bond acceptors (Lipinski definition) is 5. The van der Waals surface area contributed by atoms with Crippen LogP contribution in [0.5, 0.6) is 0 Å². The summed E-state index contributed by atoms with van der Waals surface area (Å²) >= 11 is 0. The molecule has 3 heterocycles. The predicted octanol–water partition coefficient (Wildman–Crippen LogP) is 3.93. The van der Waals surface area contributed by atoms with Crippen molar-refractivity contribution in [3.8, 4) is 11.3 Å². The Hall–Kier alpha value is -4.14. The van der Waals surface area contributed by atoms with Crippen molar-refractivity contribution in [2.24, 2.45) is 10.9 Å². The normalized spacial score (nSPS) is 15.7. The fourth-order valence-corrected chi connectivity index (χ4v) is 4.14. The van der Waals surface area contributed by atoms with Gasteiger partial charge < -0.3 is 10.6 Å². The number of allylic oxidation sites excluding steroid dienone is 1. The van der Waals surface area contributed by atoms with Crippen molar-refractivity contribution in [2.45, 2.75) is 40.7 Å². The van der Waals surface area contributed by atoms with Crippen molar-refractivity contribution in [2.75, 3.05) is 11.9 Å². The van der Waals surface area contributed by atoms with Crippen LogP contribution >= 0.6 is 0 Å². The monoisotopic (exact) mass is 472 g/mol. The topological polar surface area (TPSA) is 118 Å². The molecule has 0 radical (unpaired) electrons. The molecule has 1 unspecified atom stereocenters. The SMILES string of the molecule is CC(=O)Nc1cccc(-c2cc(C(=O)NCC3C(=O)N=C(C)C=C3C)c3cnn(C(C)C)c3n2)c1. The lowest BCUT2D eigenvalue weighted by Gasteiger charge is -2.19. The first-order valence-electron chi connectivity index (χ1n) is 11.5. The predicted molar refractivity (Wildman–Crippen MR) is 135 cm³/mol. The van der Waals surface area contributed by atoms with Crippen LogP contribution in [0.2, 0.25) is 0 Å². The van der Waals surface area contributed by atoms with Gasteiger partial charge in [0.15, 0.2) is 5.65 Å². The number of carbonyl (C=O) groups excluding carboxylic acids is 3. The summed E-state index contributed by atoms with van der Waals surface area (Å²) in [5.41, 5.74) is 4.47. The van der Waals surface area contributed by atoms with E-state index in [1.54, 1.807) is 29.9 Å². The zero-order valence-electron chi connectivity index (χ0n) is 20.4. The Kier molecular flexibility index (Phi) is 6.59. The number of carbonyl (C=O) groups is 3. The molecule has 1 atom stereocenters. The smallest absolute Gasteiger partial charge is 0.254 e. The van der Waals surface area contributed by atoms with Crippen LogP contribution in [-0.2, 0) is 9.59 Å². The van der Waals surface area contributed by atoms with Gasteiger partial charge in [-0.3, -0.25) is 14.4 Å². The molecule has 0 spiro atoms. The van der Waals surface area contributed by atoms with E-state index in [4.69, 9.17) is 4.98 Å². The Labute approximate surface area is 203 Å². The van der Waals surface area contributed by atoms with Crippen LogP contribution in [0, 0.1) is 5.92 Å². The Bertz CT molecular complexity index is 1400. The second-order valence-corrected chi connectivity index (χ2v) is 8.98. The molecule has 0 saturated carbocycles. The number of rotatable bonds is 6. The van der Waals surface area contributed by atoms with E-state index >= 15 is 0 Å². The molecule has 2 N–H and O–H groups in total. The molecule has 0 saturated heterocycles.